The summed E-state index contributed by atoms with van der Waals surface area (Å²) in [4.78, 5) is 11.9. The fraction of sp³-hybridized carbons (Fsp3) is 0.167. The first kappa shape index (κ1) is 11.6. The number of nitrogen functional groups attached to an aromatic ring is 1. The number of anilines is 1. The second-order valence-corrected chi connectivity index (χ2v) is 4.21. The molecule has 1 aromatic rings. The Morgan fingerprint density at radius 1 is 1.40 bits per heavy atom. The van der Waals surface area contributed by atoms with E-state index in [1.165, 1.54) is 0 Å². The number of sulfonamides is 1. The van der Waals surface area contributed by atoms with Gasteiger partial charge in [0.25, 0.3) is 12.0 Å². The van der Waals surface area contributed by atoms with E-state index in [0.717, 1.165) is 0 Å². The number of halogens is 2. The Bertz CT molecular complexity index is 537. The molecule has 0 radical (unpaired) electrons. The zero-order valence-electron chi connectivity index (χ0n) is 7.20. The SMILES string of the molecule is Nc1[nH]c(=O)c(S(N)(=O)=O)cc1C(F)F. The van der Waals surface area contributed by atoms with Crippen molar-refractivity contribution in [1.29, 1.82) is 0 Å². The third-order valence-corrected chi connectivity index (χ3v) is 2.53. The lowest BCUT2D eigenvalue weighted by Crippen LogP contribution is -2.24. The average Bonchev–Trinajstić information content (AvgIpc) is 2.00. The first-order valence-corrected chi connectivity index (χ1v) is 5.11. The number of pyridine rings is 1. The molecule has 6 nitrogen and oxygen atoms in total. The number of primary sulfonamides is 1. The summed E-state index contributed by atoms with van der Waals surface area (Å²) >= 11 is 0. The molecule has 0 unspecified atom stereocenters. The summed E-state index contributed by atoms with van der Waals surface area (Å²) in [6.45, 7) is 0. The fourth-order valence-electron chi connectivity index (χ4n) is 0.932. The molecule has 0 spiro atoms. The number of aromatic nitrogens is 1. The van der Waals surface area contributed by atoms with E-state index in [2.05, 4.69) is 5.14 Å². The van der Waals surface area contributed by atoms with Crippen LogP contribution in [0.2, 0.25) is 0 Å². The second-order valence-electron chi connectivity index (χ2n) is 2.68. The van der Waals surface area contributed by atoms with Crippen molar-refractivity contribution in [3.05, 3.63) is 22.0 Å². The quantitative estimate of drug-likeness (QED) is 0.647. The Balaban J connectivity index is 3.58. The van der Waals surface area contributed by atoms with Gasteiger partial charge in [0.15, 0.2) is 0 Å². The van der Waals surface area contributed by atoms with Crippen LogP contribution in [0.25, 0.3) is 0 Å². The van der Waals surface area contributed by atoms with Gasteiger partial charge in [-0.3, -0.25) is 4.79 Å². The monoisotopic (exact) mass is 239 g/mol. The Morgan fingerprint density at radius 2 is 1.93 bits per heavy atom. The second kappa shape index (κ2) is 3.59. The number of aromatic amines is 1. The van der Waals surface area contributed by atoms with Crippen LogP contribution >= 0.6 is 0 Å². The third kappa shape index (κ3) is 2.30. The van der Waals surface area contributed by atoms with Crippen molar-refractivity contribution >= 4 is 15.8 Å². The number of H-pyrrole nitrogens is 1. The standard InChI is InChI=1S/C6H7F2N3O3S/c7-4(8)2-1-3(15(10,13)14)6(12)11-5(2)9/h1,4H,(H3,9,11,12)(H2,10,13,14). The van der Waals surface area contributed by atoms with E-state index in [9.17, 15) is 22.0 Å². The van der Waals surface area contributed by atoms with Crippen molar-refractivity contribution in [2.75, 3.05) is 5.73 Å². The highest BCUT2D eigenvalue weighted by molar-refractivity contribution is 7.89. The Kier molecular flexibility index (Phi) is 2.77. The molecule has 5 N–H and O–H groups in total. The molecule has 0 bridgehead atoms. The van der Waals surface area contributed by atoms with Gasteiger partial charge < -0.3 is 10.7 Å². The van der Waals surface area contributed by atoms with Crippen LogP contribution < -0.4 is 16.4 Å². The lowest BCUT2D eigenvalue weighted by atomic mass is 10.3. The number of hydrogen-bond acceptors (Lipinski definition) is 4. The maximum atomic E-state index is 12.3. The van der Waals surface area contributed by atoms with Gasteiger partial charge in [-0.2, -0.15) is 0 Å². The van der Waals surface area contributed by atoms with Gasteiger partial charge in [0.2, 0.25) is 10.0 Å². The molecule has 0 aromatic carbocycles. The van der Waals surface area contributed by atoms with Crippen molar-refractivity contribution in [1.82, 2.24) is 4.98 Å². The number of alkyl halides is 2. The summed E-state index contributed by atoms with van der Waals surface area (Å²) < 4.78 is 46.2. The average molecular weight is 239 g/mol. The molecule has 1 aromatic heterocycles. The number of rotatable bonds is 2. The summed E-state index contributed by atoms with van der Waals surface area (Å²) in [6.07, 6.45) is -3.00. The van der Waals surface area contributed by atoms with Crippen LogP contribution in [-0.2, 0) is 10.0 Å². The molecule has 0 aliphatic carbocycles. The molecule has 0 amide bonds. The van der Waals surface area contributed by atoms with Crippen molar-refractivity contribution in [2.24, 2.45) is 5.14 Å². The zero-order chi connectivity index (χ0) is 11.8. The van der Waals surface area contributed by atoms with Crippen molar-refractivity contribution in [2.45, 2.75) is 11.3 Å². The van der Waals surface area contributed by atoms with Gasteiger partial charge in [-0.15, -0.1) is 0 Å². The predicted octanol–water partition coefficient (Wildman–Crippen LogP) is -0.458. The molecule has 0 saturated carbocycles. The van der Waals surface area contributed by atoms with Gasteiger partial charge in [-0.05, 0) is 6.07 Å². The number of nitrogens with one attached hydrogen (secondary N) is 1. The largest absolute Gasteiger partial charge is 0.385 e. The van der Waals surface area contributed by atoms with Gasteiger partial charge in [-0.25, -0.2) is 22.3 Å². The number of hydrogen-bond donors (Lipinski definition) is 3. The molecule has 0 saturated heterocycles. The zero-order valence-corrected chi connectivity index (χ0v) is 8.01. The number of nitrogens with two attached hydrogens (primary N) is 2. The van der Waals surface area contributed by atoms with E-state index >= 15 is 0 Å². The van der Waals surface area contributed by atoms with Crippen LogP contribution in [0.3, 0.4) is 0 Å². The molecule has 0 aliphatic heterocycles. The Morgan fingerprint density at radius 3 is 2.33 bits per heavy atom. The van der Waals surface area contributed by atoms with Gasteiger partial charge in [0.05, 0.1) is 5.56 Å². The van der Waals surface area contributed by atoms with E-state index in [0.29, 0.717) is 6.07 Å². The molecular weight excluding hydrogens is 232 g/mol. The van der Waals surface area contributed by atoms with Crippen LogP contribution in [0.1, 0.15) is 12.0 Å². The smallest absolute Gasteiger partial charge is 0.269 e. The molecule has 9 heteroatoms. The van der Waals surface area contributed by atoms with Crippen LogP contribution in [0.5, 0.6) is 0 Å². The molecule has 1 rings (SSSR count). The summed E-state index contributed by atoms with van der Waals surface area (Å²) in [6, 6.07) is 0.466. The van der Waals surface area contributed by atoms with E-state index in [1.54, 1.807) is 4.98 Å². The maximum absolute atomic E-state index is 12.3. The van der Waals surface area contributed by atoms with Gasteiger partial charge >= 0.3 is 0 Å². The summed E-state index contributed by atoms with van der Waals surface area (Å²) in [5, 5.41) is 4.64. The molecule has 1 heterocycles. The molecule has 0 aliphatic rings. The normalized spacial score (nSPS) is 12.0. The van der Waals surface area contributed by atoms with Crippen molar-refractivity contribution in [3.8, 4) is 0 Å². The molecule has 0 fully saturated rings. The first-order valence-electron chi connectivity index (χ1n) is 3.57. The summed E-state index contributed by atoms with van der Waals surface area (Å²) in [5.74, 6) is -0.581. The summed E-state index contributed by atoms with van der Waals surface area (Å²) in [5.41, 5.74) is 3.16. The first-order chi connectivity index (χ1) is 6.73. The molecular formula is C6H7F2N3O3S. The lowest BCUT2D eigenvalue weighted by molar-refractivity contribution is 0.151. The maximum Gasteiger partial charge on any atom is 0.269 e. The van der Waals surface area contributed by atoms with Gasteiger partial charge in [0, 0.05) is 0 Å². The van der Waals surface area contributed by atoms with E-state index in [4.69, 9.17) is 5.73 Å². The predicted molar refractivity (Wildman–Crippen MR) is 47.8 cm³/mol. The van der Waals surface area contributed by atoms with Crippen LogP contribution in [0, 0.1) is 0 Å². The Labute approximate surface area is 82.9 Å². The Hall–Kier alpha value is -1.48. The highest BCUT2D eigenvalue weighted by Gasteiger charge is 2.20. The van der Waals surface area contributed by atoms with Gasteiger partial charge in [-0.1, -0.05) is 0 Å². The molecule has 84 valence electrons. The minimum atomic E-state index is -4.34. The highest BCUT2D eigenvalue weighted by atomic mass is 32.2. The fourth-order valence-corrected chi connectivity index (χ4v) is 1.53. The van der Waals surface area contributed by atoms with E-state index < -0.39 is 38.3 Å². The van der Waals surface area contributed by atoms with E-state index in [-0.39, 0.29) is 0 Å². The summed E-state index contributed by atoms with van der Waals surface area (Å²) in [7, 11) is -4.34. The topological polar surface area (TPSA) is 119 Å². The van der Waals surface area contributed by atoms with Crippen LogP contribution in [0.15, 0.2) is 15.8 Å². The molecule has 15 heavy (non-hydrogen) atoms. The van der Waals surface area contributed by atoms with E-state index in [1.807, 2.05) is 0 Å². The lowest BCUT2D eigenvalue weighted by Gasteiger charge is -2.05. The highest BCUT2D eigenvalue weighted by Crippen LogP contribution is 2.23. The van der Waals surface area contributed by atoms with Crippen LogP contribution in [-0.4, -0.2) is 13.4 Å². The third-order valence-electron chi connectivity index (χ3n) is 1.61. The minimum Gasteiger partial charge on any atom is -0.385 e. The van der Waals surface area contributed by atoms with Crippen molar-refractivity contribution < 1.29 is 17.2 Å². The van der Waals surface area contributed by atoms with Crippen molar-refractivity contribution in [3.63, 3.8) is 0 Å². The van der Waals surface area contributed by atoms with Crippen LogP contribution in [0.4, 0.5) is 14.6 Å². The minimum absolute atomic E-state index is 0.466. The van der Waals surface area contributed by atoms with Gasteiger partial charge in [0.1, 0.15) is 10.7 Å². The molecule has 0 atom stereocenters.